The molecule has 3 aromatic rings. The quantitative estimate of drug-likeness (QED) is 0.708. The molecule has 100 valence electrons. The normalized spacial score (nSPS) is 13.1. The van der Waals surface area contributed by atoms with Crippen LogP contribution >= 0.6 is 0 Å². The van der Waals surface area contributed by atoms with Gasteiger partial charge in [0.1, 0.15) is 0 Å². The second-order valence-corrected chi connectivity index (χ2v) is 5.41. The Labute approximate surface area is 117 Å². The van der Waals surface area contributed by atoms with E-state index >= 15 is 0 Å². The minimum absolute atomic E-state index is 0.906. The topological polar surface area (TPSA) is 31.0 Å². The molecule has 0 saturated heterocycles. The van der Waals surface area contributed by atoms with Crippen molar-refractivity contribution in [1.82, 2.24) is 9.72 Å². The minimum atomic E-state index is 0.906. The molecule has 0 amide bonds. The lowest BCUT2D eigenvalue weighted by Gasteiger charge is -2.10. The fraction of sp³-hybridized carbons (Fsp3) is 0.235. The molecular weight excluding hydrogens is 248 g/mol. The van der Waals surface area contributed by atoms with Crippen molar-refractivity contribution in [3.05, 3.63) is 65.1 Å². The average molecular weight is 264 g/mol. The maximum absolute atomic E-state index is 5.46. The van der Waals surface area contributed by atoms with Crippen LogP contribution in [0.4, 0.5) is 0 Å². The van der Waals surface area contributed by atoms with Gasteiger partial charge in [-0.2, -0.15) is 0 Å². The van der Waals surface area contributed by atoms with Crippen molar-refractivity contribution in [3.8, 4) is 11.3 Å². The van der Waals surface area contributed by atoms with Crippen LogP contribution in [-0.4, -0.2) is 9.72 Å². The molecule has 3 heteroatoms. The van der Waals surface area contributed by atoms with Gasteiger partial charge in [0, 0.05) is 29.6 Å². The van der Waals surface area contributed by atoms with Crippen LogP contribution in [-0.2, 0) is 19.4 Å². The number of aryl methyl sites for hydroxylation is 2. The van der Waals surface area contributed by atoms with Crippen molar-refractivity contribution in [2.45, 2.75) is 26.3 Å². The zero-order valence-electron chi connectivity index (χ0n) is 11.5. The maximum atomic E-state index is 5.46. The van der Waals surface area contributed by atoms with E-state index in [1.54, 1.807) is 0 Å². The van der Waals surface area contributed by atoms with E-state index in [1.165, 1.54) is 27.9 Å². The Morgan fingerprint density at radius 2 is 1.95 bits per heavy atom. The molecule has 0 unspecified atom stereocenters. The van der Waals surface area contributed by atoms with E-state index in [1.807, 2.05) is 6.20 Å². The molecular formula is C17H16N2O. The van der Waals surface area contributed by atoms with E-state index in [4.69, 9.17) is 4.52 Å². The summed E-state index contributed by atoms with van der Waals surface area (Å²) >= 11 is 0. The van der Waals surface area contributed by atoms with Gasteiger partial charge in [-0.25, -0.2) is 0 Å². The SMILES string of the molecule is Cc1c2c(cn1Cc1ccccc1)CCc1cnoc1-2. The predicted octanol–water partition coefficient (Wildman–Crippen LogP) is 3.60. The molecule has 1 aliphatic carbocycles. The standard InChI is InChI=1S/C17H16N2O/c1-12-16-15(8-7-14-9-18-20-17(14)16)11-19(12)10-13-5-3-2-4-6-13/h2-6,9,11H,7-8,10H2,1H3. The Bertz CT molecular complexity index is 753. The van der Waals surface area contributed by atoms with Crippen LogP contribution in [0.25, 0.3) is 11.3 Å². The lowest BCUT2D eigenvalue weighted by molar-refractivity contribution is 0.430. The highest BCUT2D eigenvalue weighted by Gasteiger charge is 2.24. The summed E-state index contributed by atoms with van der Waals surface area (Å²) in [6, 6.07) is 10.6. The molecule has 2 aromatic heterocycles. The smallest absolute Gasteiger partial charge is 0.172 e. The number of fused-ring (bicyclic) bond motifs is 3. The van der Waals surface area contributed by atoms with Gasteiger partial charge in [-0.05, 0) is 30.9 Å². The third-order valence-corrected chi connectivity index (χ3v) is 4.16. The number of benzene rings is 1. The first-order valence-corrected chi connectivity index (χ1v) is 6.99. The highest BCUT2D eigenvalue weighted by Crippen LogP contribution is 2.37. The van der Waals surface area contributed by atoms with Crippen LogP contribution in [0, 0.1) is 6.92 Å². The van der Waals surface area contributed by atoms with Crippen LogP contribution in [0.5, 0.6) is 0 Å². The molecule has 0 N–H and O–H groups in total. The van der Waals surface area contributed by atoms with Gasteiger partial charge >= 0.3 is 0 Å². The van der Waals surface area contributed by atoms with E-state index in [2.05, 4.69) is 53.2 Å². The highest BCUT2D eigenvalue weighted by molar-refractivity contribution is 5.70. The molecule has 3 nitrogen and oxygen atoms in total. The Kier molecular flexibility index (Phi) is 2.52. The van der Waals surface area contributed by atoms with Gasteiger partial charge < -0.3 is 9.09 Å². The molecule has 1 aliphatic rings. The van der Waals surface area contributed by atoms with Crippen molar-refractivity contribution in [2.75, 3.05) is 0 Å². The van der Waals surface area contributed by atoms with Crippen LogP contribution in [0.2, 0.25) is 0 Å². The van der Waals surface area contributed by atoms with E-state index < -0.39 is 0 Å². The van der Waals surface area contributed by atoms with Crippen molar-refractivity contribution in [2.24, 2.45) is 0 Å². The first-order valence-electron chi connectivity index (χ1n) is 6.99. The van der Waals surface area contributed by atoms with Crippen molar-refractivity contribution >= 4 is 0 Å². The van der Waals surface area contributed by atoms with Gasteiger partial charge in [0.15, 0.2) is 5.76 Å². The summed E-state index contributed by atoms with van der Waals surface area (Å²) in [6.45, 7) is 3.07. The molecule has 0 bridgehead atoms. The third kappa shape index (κ3) is 1.70. The van der Waals surface area contributed by atoms with Crippen LogP contribution in [0.1, 0.15) is 22.4 Å². The monoisotopic (exact) mass is 264 g/mol. The van der Waals surface area contributed by atoms with Crippen LogP contribution in [0.3, 0.4) is 0 Å². The number of hydrogen-bond donors (Lipinski definition) is 0. The summed E-state index contributed by atoms with van der Waals surface area (Å²) in [6.07, 6.45) is 6.22. The van der Waals surface area contributed by atoms with Gasteiger partial charge in [-0.3, -0.25) is 0 Å². The fourth-order valence-electron chi connectivity index (χ4n) is 3.08. The molecule has 2 heterocycles. The van der Waals surface area contributed by atoms with E-state index in [9.17, 15) is 0 Å². The molecule has 0 radical (unpaired) electrons. The Morgan fingerprint density at radius 1 is 1.15 bits per heavy atom. The minimum Gasteiger partial charge on any atom is -0.356 e. The predicted molar refractivity (Wildman–Crippen MR) is 77.6 cm³/mol. The van der Waals surface area contributed by atoms with Gasteiger partial charge in [0.05, 0.1) is 6.20 Å². The lowest BCUT2D eigenvalue weighted by Crippen LogP contribution is -2.00. The van der Waals surface area contributed by atoms with Gasteiger partial charge in [0.25, 0.3) is 0 Å². The first kappa shape index (κ1) is 11.5. The number of hydrogen-bond acceptors (Lipinski definition) is 2. The summed E-state index contributed by atoms with van der Waals surface area (Å²) in [5.74, 6) is 0.968. The molecule has 0 spiro atoms. The Morgan fingerprint density at radius 3 is 2.80 bits per heavy atom. The lowest BCUT2D eigenvalue weighted by atomic mass is 9.93. The van der Waals surface area contributed by atoms with E-state index in [0.717, 1.165) is 25.1 Å². The second kappa shape index (κ2) is 4.37. The summed E-state index contributed by atoms with van der Waals surface area (Å²) in [7, 11) is 0. The Hall–Kier alpha value is -2.29. The first-order chi connectivity index (χ1) is 9.83. The van der Waals surface area contributed by atoms with Crippen LogP contribution < -0.4 is 0 Å². The second-order valence-electron chi connectivity index (χ2n) is 5.41. The van der Waals surface area contributed by atoms with Gasteiger partial charge in [0.2, 0.25) is 0 Å². The molecule has 0 aliphatic heterocycles. The third-order valence-electron chi connectivity index (χ3n) is 4.16. The summed E-state index contributed by atoms with van der Waals surface area (Å²) in [5, 5.41) is 3.95. The molecule has 0 fully saturated rings. The van der Waals surface area contributed by atoms with Crippen LogP contribution in [0.15, 0.2) is 47.2 Å². The highest BCUT2D eigenvalue weighted by atomic mass is 16.5. The number of nitrogens with zero attached hydrogens (tertiary/aromatic N) is 2. The summed E-state index contributed by atoms with van der Waals surface area (Å²) in [4.78, 5) is 0. The van der Waals surface area contributed by atoms with Crippen molar-refractivity contribution < 1.29 is 4.52 Å². The fourth-order valence-corrected chi connectivity index (χ4v) is 3.08. The molecule has 20 heavy (non-hydrogen) atoms. The average Bonchev–Trinajstić information content (AvgIpc) is 3.05. The molecule has 4 rings (SSSR count). The number of aromatic nitrogens is 2. The molecule has 0 atom stereocenters. The maximum Gasteiger partial charge on any atom is 0.172 e. The van der Waals surface area contributed by atoms with E-state index in [-0.39, 0.29) is 0 Å². The van der Waals surface area contributed by atoms with Gasteiger partial charge in [-0.1, -0.05) is 35.5 Å². The largest absolute Gasteiger partial charge is 0.356 e. The van der Waals surface area contributed by atoms with Crippen molar-refractivity contribution in [3.63, 3.8) is 0 Å². The zero-order chi connectivity index (χ0) is 13.5. The zero-order valence-corrected chi connectivity index (χ0v) is 11.5. The van der Waals surface area contributed by atoms with Gasteiger partial charge in [-0.15, -0.1) is 0 Å². The van der Waals surface area contributed by atoms with Crippen molar-refractivity contribution in [1.29, 1.82) is 0 Å². The van der Waals surface area contributed by atoms with E-state index in [0.29, 0.717) is 0 Å². The number of rotatable bonds is 2. The summed E-state index contributed by atoms with van der Waals surface area (Å²) < 4.78 is 7.78. The summed E-state index contributed by atoms with van der Waals surface area (Å²) in [5.41, 5.74) is 6.45. The molecule has 1 aromatic carbocycles. The Balaban J connectivity index is 1.78. The molecule has 0 saturated carbocycles.